The van der Waals surface area contributed by atoms with Gasteiger partial charge in [-0.15, -0.1) is 17.2 Å². The molecule has 0 aliphatic rings. The van der Waals surface area contributed by atoms with Crippen LogP contribution in [0.3, 0.4) is 0 Å². The number of carbonyl (C=O) groups is 1. The molecule has 5 heteroatoms. The largest absolute Gasteiger partial charge is 0.512 e. The van der Waals surface area contributed by atoms with Crippen LogP contribution in [0.15, 0.2) is 60.5 Å². The van der Waals surface area contributed by atoms with Crippen LogP contribution in [0.1, 0.15) is 105 Å². The number of carbonyl (C=O) groups excluding carboxylic acids is 1. The monoisotopic (exact) mass is 822 g/mol. The average molecular weight is 822 g/mol. The van der Waals surface area contributed by atoms with E-state index in [0.717, 1.165) is 43.0 Å². The average Bonchev–Trinajstić information content (AvgIpc) is 3.40. The van der Waals surface area contributed by atoms with E-state index in [2.05, 4.69) is 87.6 Å². The van der Waals surface area contributed by atoms with E-state index in [9.17, 15) is 9.90 Å². The van der Waals surface area contributed by atoms with E-state index in [-0.39, 0.29) is 47.9 Å². The summed E-state index contributed by atoms with van der Waals surface area (Å²) in [5.41, 5.74) is 8.34. The van der Waals surface area contributed by atoms with E-state index in [1.54, 1.807) is 0 Å². The zero-order valence-corrected chi connectivity index (χ0v) is 33.2. The minimum absolute atomic E-state index is 0. The van der Waals surface area contributed by atoms with Crippen LogP contribution in [0.4, 0.5) is 0 Å². The zero-order chi connectivity index (χ0) is 34.5. The number of aliphatic hydroxyl groups excluding tert-OH is 1. The minimum Gasteiger partial charge on any atom is -0.512 e. The molecule has 1 N–H and O–H groups in total. The van der Waals surface area contributed by atoms with Crippen LogP contribution in [-0.4, -0.2) is 20.3 Å². The third-order valence-corrected chi connectivity index (χ3v) is 11.2. The number of ketones is 1. The van der Waals surface area contributed by atoms with Crippen LogP contribution in [0.5, 0.6) is 0 Å². The Labute approximate surface area is 300 Å². The van der Waals surface area contributed by atoms with Gasteiger partial charge in [-0.3, -0.25) is 4.79 Å². The Kier molecular flexibility index (Phi) is 10.9. The molecule has 0 aliphatic carbocycles. The molecule has 0 saturated heterocycles. The molecule has 257 valence electrons. The molecule has 3 aromatic heterocycles. The molecule has 1 radical (unpaired) electrons. The Morgan fingerprint density at radius 2 is 1.46 bits per heavy atom. The number of pyridine rings is 2. The van der Waals surface area contributed by atoms with Crippen LogP contribution in [0.25, 0.3) is 49.0 Å². The summed E-state index contributed by atoms with van der Waals surface area (Å²) in [6, 6.07) is 19.3. The summed E-state index contributed by atoms with van der Waals surface area (Å²) >= 11 is 0. The molecule has 6 rings (SSSR count). The van der Waals surface area contributed by atoms with E-state index in [4.69, 9.17) is 4.98 Å². The van der Waals surface area contributed by atoms with Gasteiger partial charge in [0.2, 0.25) is 0 Å². The van der Waals surface area contributed by atoms with Gasteiger partial charge in [0.1, 0.15) is 5.76 Å². The molecule has 0 amide bonds. The zero-order valence-electron chi connectivity index (χ0n) is 30.8. The molecule has 0 bridgehead atoms. The van der Waals surface area contributed by atoms with Crippen LogP contribution >= 0.6 is 0 Å². The third-order valence-electron chi connectivity index (χ3n) is 11.2. The molecule has 4 nitrogen and oxygen atoms in total. The first kappa shape index (κ1) is 37.5. The first-order chi connectivity index (χ1) is 22.1. The summed E-state index contributed by atoms with van der Waals surface area (Å²) in [6.07, 6.45) is 7.77. The molecule has 0 fully saturated rings. The van der Waals surface area contributed by atoms with Crippen molar-refractivity contribution in [2.24, 2.45) is 16.2 Å². The van der Waals surface area contributed by atoms with Crippen molar-refractivity contribution in [2.75, 3.05) is 0 Å². The number of aromatic nitrogens is 2. The maximum Gasteiger partial charge on any atom is 0.164 e. The topological polar surface area (TPSA) is 54.6 Å². The Morgan fingerprint density at radius 1 is 0.833 bits per heavy atom. The van der Waals surface area contributed by atoms with E-state index in [1.807, 2.05) is 47.7 Å². The second-order valence-corrected chi connectivity index (χ2v) is 15.3. The summed E-state index contributed by atoms with van der Waals surface area (Å²) in [6.45, 7) is 23.4. The Morgan fingerprint density at radius 3 is 2.06 bits per heavy atom. The SMILES string of the molecule is CCC(C)(CC)C(=O)/C=C(\O)C(C)(CC)CC.Cc1[c-]c2c3nccc4c(CC(C)(C)C)ccc(c43)n3c4ccccc4c(c1C)c23.[Ir]. The van der Waals surface area contributed by atoms with Crippen molar-refractivity contribution in [3.8, 4) is 0 Å². The molecule has 48 heavy (non-hydrogen) atoms. The number of hydrogen-bond donors (Lipinski definition) is 1. The van der Waals surface area contributed by atoms with E-state index in [1.165, 1.54) is 60.9 Å². The molecular weight excluding hydrogens is 769 g/mol. The van der Waals surface area contributed by atoms with Gasteiger partial charge in [0.05, 0.1) is 0 Å². The summed E-state index contributed by atoms with van der Waals surface area (Å²) in [5.74, 6) is 0.286. The second kappa shape index (κ2) is 13.9. The number of aryl methyl sites for hydroxylation is 2. The van der Waals surface area contributed by atoms with Crippen molar-refractivity contribution in [3.05, 3.63) is 83.3 Å². The number of aliphatic hydroxyl groups is 1. The van der Waals surface area contributed by atoms with E-state index >= 15 is 0 Å². The van der Waals surface area contributed by atoms with Crippen molar-refractivity contribution >= 4 is 54.8 Å². The minimum atomic E-state index is -0.337. The predicted molar refractivity (Wildman–Crippen MR) is 201 cm³/mol. The van der Waals surface area contributed by atoms with Crippen molar-refractivity contribution in [2.45, 2.75) is 108 Å². The number of nitrogens with zero attached hydrogens (tertiary/aromatic N) is 2. The van der Waals surface area contributed by atoms with Crippen LogP contribution in [0.2, 0.25) is 0 Å². The number of fused-ring (bicyclic) bond motifs is 5. The van der Waals surface area contributed by atoms with E-state index < -0.39 is 0 Å². The van der Waals surface area contributed by atoms with Gasteiger partial charge in [0.15, 0.2) is 5.78 Å². The number of benzene rings is 3. The third kappa shape index (κ3) is 6.41. The van der Waals surface area contributed by atoms with Crippen LogP contribution in [-0.2, 0) is 31.3 Å². The maximum absolute atomic E-state index is 12.2. The number of para-hydroxylation sites is 1. The molecular formula is C43H53IrN2O2-. The van der Waals surface area contributed by atoms with Crippen molar-refractivity contribution in [3.63, 3.8) is 0 Å². The molecule has 0 atom stereocenters. The van der Waals surface area contributed by atoms with Gasteiger partial charge in [-0.25, -0.2) is 0 Å². The van der Waals surface area contributed by atoms with Gasteiger partial charge in [-0.1, -0.05) is 111 Å². The Hall–Kier alpha value is -3.27. The maximum atomic E-state index is 12.2. The summed E-state index contributed by atoms with van der Waals surface area (Å²) in [4.78, 5) is 17.1. The number of rotatable bonds is 8. The second-order valence-electron chi connectivity index (χ2n) is 15.3. The molecule has 3 heterocycles. The predicted octanol–water partition coefficient (Wildman–Crippen LogP) is 12.0. The molecule has 0 saturated carbocycles. The Bertz CT molecular complexity index is 2120. The summed E-state index contributed by atoms with van der Waals surface area (Å²) in [7, 11) is 0. The van der Waals surface area contributed by atoms with Crippen molar-refractivity contribution < 1.29 is 30.0 Å². The van der Waals surface area contributed by atoms with Crippen LogP contribution < -0.4 is 0 Å². The van der Waals surface area contributed by atoms with Gasteiger partial charge in [0.25, 0.3) is 0 Å². The standard InChI is InChI=1S/C28H25N2.C15H28O2.Ir/c1-16-14-21-26-25-19(12-13-29-26)18(15-28(3,4)5)10-11-23(25)30-22-9-7-6-8-20(22)24(17(16)2)27(21)30;1-7-14(5,8-2)12(16)11-13(17)15(6,9-3)10-4;/h6-13H,15H2,1-5H3;11,16H,7-10H2,1-6H3;/q-1;;/b;12-11-;. The van der Waals surface area contributed by atoms with Gasteiger partial charge in [-0.05, 0) is 88.5 Å². The van der Waals surface area contributed by atoms with Gasteiger partial charge in [-0.2, -0.15) is 0 Å². The van der Waals surface area contributed by atoms with Gasteiger partial charge in [0, 0.05) is 54.2 Å². The van der Waals surface area contributed by atoms with Gasteiger partial charge < -0.3 is 14.5 Å². The fourth-order valence-corrected chi connectivity index (χ4v) is 6.93. The fraction of sp³-hybridized carbons (Fsp3) is 0.442. The molecule has 3 aromatic carbocycles. The first-order valence-electron chi connectivity index (χ1n) is 17.5. The molecule has 0 aliphatic heterocycles. The van der Waals surface area contributed by atoms with Crippen LogP contribution in [0, 0.1) is 36.2 Å². The summed E-state index contributed by atoms with van der Waals surface area (Å²) < 4.78 is 2.45. The summed E-state index contributed by atoms with van der Waals surface area (Å²) in [5, 5.41) is 16.5. The number of hydrogen-bond acceptors (Lipinski definition) is 3. The quantitative estimate of drug-likeness (QED) is 0.0547. The first-order valence-corrected chi connectivity index (χ1v) is 17.5. The molecule has 6 aromatic rings. The smallest absolute Gasteiger partial charge is 0.164 e. The molecule has 0 spiro atoms. The normalized spacial score (nSPS) is 13.0. The fourth-order valence-electron chi connectivity index (χ4n) is 6.93. The molecule has 0 unspecified atom stereocenters. The number of allylic oxidation sites excluding steroid dienone is 2. The van der Waals surface area contributed by atoms with Crippen molar-refractivity contribution in [1.82, 2.24) is 9.38 Å². The Balaban J connectivity index is 0.000000251. The van der Waals surface area contributed by atoms with Crippen molar-refractivity contribution in [1.29, 1.82) is 0 Å². The van der Waals surface area contributed by atoms with E-state index in [0.29, 0.717) is 0 Å². The van der Waals surface area contributed by atoms with Gasteiger partial charge >= 0.3 is 0 Å².